The van der Waals surface area contributed by atoms with Crippen molar-refractivity contribution in [1.29, 1.82) is 0 Å². The van der Waals surface area contributed by atoms with Gasteiger partial charge in [-0.25, -0.2) is 9.07 Å². The fourth-order valence-electron chi connectivity index (χ4n) is 5.51. The van der Waals surface area contributed by atoms with Gasteiger partial charge in [0.1, 0.15) is 11.6 Å². The average Bonchev–Trinajstić information content (AvgIpc) is 3.33. The molecule has 2 aromatic rings. The van der Waals surface area contributed by atoms with Crippen molar-refractivity contribution in [2.45, 2.75) is 50.7 Å². The van der Waals surface area contributed by atoms with Crippen LogP contribution in [0.3, 0.4) is 0 Å². The number of nitrogens with zero attached hydrogens (tertiary/aromatic N) is 6. The van der Waals surface area contributed by atoms with E-state index in [1.54, 1.807) is 4.68 Å². The zero-order valence-corrected chi connectivity index (χ0v) is 16.0. The number of hydrogen-bond donors (Lipinski definition) is 0. The van der Waals surface area contributed by atoms with Crippen LogP contribution in [0.1, 0.15) is 36.6 Å². The molecular weight excluding hydrogens is 359 g/mol. The van der Waals surface area contributed by atoms with Gasteiger partial charge in [0, 0.05) is 24.9 Å². The molecule has 0 unspecified atom stereocenters. The Balaban J connectivity index is 1.39. The molecule has 0 spiro atoms. The Labute approximate surface area is 163 Å². The highest BCUT2D eigenvalue weighted by molar-refractivity contribution is 5.77. The average molecular weight is 384 g/mol. The van der Waals surface area contributed by atoms with E-state index in [1.807, 2.05) is 19.1 Å². The van der Waals surface area contributed by atoms with Gasteiger partial charge >= 0.3 is 0 Å². The number of hydrogen-bond acceptors (Lipinski definition) is 5. The molecule has 148 valence electrons. The van der Waals surface area contributed by atoms with E-state index in [1.165, 1.54) is 12.1 Å². The summed E-state index contributed by atoms with van der Waals surface area (Å²) < 4.78 is 15.1. The van der Waals surface area contributed by atoms with Crippen molar-refractivity contribution < 1.29 is 9.18 Å². The van der Waals surface area contributed by atoms with Gasteiger partial charge in [0.15, 0.2) is 0 Å². The zero-order chi connectivity index (χ0) is 19.3. The minimum Gasteiger partial charge on any atom is -0.337 e. The summed E-state index contributed by atoms with van der Waals surface area (Å²) >= 11 is 0. The molecular formula is C20H25FN6O. The molecule has 4 aliphatic rings. The number of piperidine rings is 3. The van der Waals surface area contributed by atoms with E-state index in [0.717, 1.165) is 37.3 Å². The summed E-state index contributed by atoms with van der Waals surface area (Å²) in [6.07, 6.45) is 2.72. The molecule has 4 fully saturated rings. The summed E-state index contributed by atoms with van der Waals surface area (Å²) in [5.74, 6) is 1.49. The summed E-state index contributed by atoms with van der Waals surface area (Å²) in [4.78, 5) is 17.8. The normalized spacial score (nSPS) is 31.2. The van der Waals surface area contributed by atoms with Crippen molar-refractivity contribution in [3.63, 3.8) is 0 Å². The fourth-order valence-corrected chi connectivity index (χ4v) is 5.51. The lowest BCUT2D eigenvalue weighted by atomic mass is 9.75. The van der Waals surface area contributed by atoms with Gasteiger partial charge in [-0.3, -0.25) is 9.69 Å². The first-order valence-corrected chi connectivity index (χ1v) is 10.1. The molecule has 0 aliphatic carbocycles. The molecule has 28 heavy (non-hydrogen) atoms. The molecule has 1 amide bonds. The first-order chi connectivity index (χ1) is 13.6. The Kier molecular flexibility index (Phi) is 4.38. The van der Waals surface area contributed by atoms with Crippen LogP contribution >= 0.6 is 0 Å². The number of benzene rings is 1. The molecule has 2 bridgehead atoms. The van der Waals surface area contributed by atoms with Crippen molar-refractivity contribution in [3.8, 4) is 0 Å². The van der Waals surface area contributed by atoms with Gasteiger partial charge in [0.25, 0.3) is 0 Å². The Hall–Kier alpha value is -2.35. The highest BCUT2D eigenvalue weighted by atomic mass is 19.1. The summed E-state index contributed by atoms with van der Waals surface area (Å²) in [7, 11) is 0. The molecule has 7 nitrogen and oxygen atoms in total. The summed E-state index contributed by atoms with van der Waals surface area (Å²) in [6.45, 7) is 5.27. The second kappa shape index (κ2) is 6.92. The van der Waals surface area contributed by atoms with Crippen LogP contribution in [0.5, 0.6) is 0 Å². The van der Waals surface area contributed by atoms with E-state index in [-0.39, 0.29) is 23.7 Å². The number of likely N-dealkylation sites (tertiary alicyclic amines) is 1. The summed E-state index contributed by atoms with van der Waals surface area (Å²) in [5.41, 5.74) is 1.13. The number of aryl methyl sites for hydroxylation is 2. The lowest BCUT2D eigenvalue weighted by molar-refractivity contribution is -0.136. The Morgan fingerprint density at radius 1 is 1.18 bits per heavy atom. The lowest BCUT2D eigenvalue weighted by Crippen LogP contribution is -2.60. The fraction of sp³-hybridized carbons (Fsp3) is 0.600. The molecule has 4 saturated heterocycles. The van der Waals surface area contributed by atoms with Gasteiger partial charge in [-0.15, -0.1) is 5.10 Å². The third-order valence-electron chi connectivity index (χ3n) is 6.86. The quantitative estimate of drug-likeness (QED) is 0.801. The van der Waals surface area contributed by atoms with Crippen LogP contribution in [0.25, 0.3) is 0 Å². The van der Waals surface area contributed by atoms with Gasteiger partial charge in [-0.05, 0) is 66.9 Å². The Morgan fingerprint density at radius 2 is 1.93 bits per heavy atom. The molecule has 3 atom stereocenters. The molecule has 5 heterocycles. The third kappa shape index (κ3) is 2.90. The van der Waals surface area contributed by atoms with Crippen molar-refractivity contribution >= 4 is 5.91 Å². The predicted octanol–water partition coefficient (Wildman–Crippen LogP) is 1.60. The van der Waals surface area contributed by atoms with Crippen LogP contribution in [0.2, 0.25) is 0 Å². The zero-order valence-electron chi connectivity index (χ0n) is 16.0. The van der Waals surface area contributed by atoms with Crippen LogP contribution in [-0.2, 0) is 11.3 Å². The number of halogens is 1. The number of aromatic nitrogens is 4. The Bertz CT molecular complexity index is 860. The molecule has 6 rings (SSSR count). The smallest absolute Gasteiger partial charge is 0.224 e. The lowest BCUT2D eigenvalue weighted by Gasteiger charge is -2.51. The standard InChI is InChI=1S/C20H25FN6O/c1-13-22-23-24-27(13)11-8-18(28)26-12-17(14-2-4-16(21)5-3-14)20-19(26)15-6-9-25(20)10-7-15/h2-5,15,17,19-20H,6-12H2,1H3/t17-,19+,20+/m1/s1. The topological polar surface area (TPSA) is 67.2 Å². The first-order valence-electron chi connectivity index (χ1n) is 10.1. The van der Waals surface area contributed by atoms with Gasteiger partial charge < -0.3 is 4.90 Å². The van der Waals surface area contributed by atoms with Crippen LogP contribution in [0.15, 0.2) is 24.3 Å². The van der Waals surface area contributed by atoms with Crippen molar-refractivity contribution in [3.05, 3.63) is 41.5 Å². The minimum atomic E-state index is -0.214. The van der Waals surface area contributed by atoms with Crippen LogP contribution in [0, 0.1) is 18.7 Å². The maximum absolute atomic E-state index is 13.4. The van der Waals surface area contributed by atoms with Gasteiger partial charge in [-0.1, -0.05) is 12.1 Å². The van der Waals surface area contributed by atoms with E-state index in [4.69, 9.17) is 0 Å². The minimum absolute atomic E-state index is 0.170. The van der Waals surface area contributed by atoms with E-state index >= 15 is 0 Å². The molecule has 1 aromatic carbocycles. The number of fused-ring (bicyclic) bond motifs is 2. The maximum atomic E-state index is 13.4. The van der Waals surface area contributed by atoms with Crippen molar-refractivity contribution in [1.82, 2.24) is 30.0 Å². The molecule has 0 radical (unpaired) electrons. The predicted molar refractivity (Wildman–Crippen MR) is 99.9 cm³/mol. The van der Waals surface area contributed by atoms with Crippen LogP contribution in [0.4, 0.5) is 4.39 Å². The second-order valence-electron chi connectivity index (χ2n) is 8.26. The number of tetrazole rings is 1. The van der Waals surface area contributed by atoms with Gasteiger partial charge in [-0.2, -0.15) is 0 Å². The Morgan fingerprint density at radius 3 is 2.61 bits per heavy atom. The van der Waals surface area contributed by atoms with Gasteiger partial charge in [0.2, 0.25) is 5.91 Å². The molecule has 0 saturated carbocycles. The van der Waals surface area contributed by atoms with E-state index in [0.29, 0.717) is 31.5 Å². The van der Waals surface area contributed by atoms with Crippen LogP contribution in [-0.4, -0.2) is 67.6 Å². The summed E-state index contributed by atoms with van der Waals surface area (Å²) in [6, 6.07) is 7.45. The number of carbonyl (C=O) groups is 1. The number of amides is 1. The van der Waals surface area contributed by atoms with Gasteiger partial charge in [0.05, 0.1) is 12.6 Å². The van der Waals surface area contributed by atoms with Crippen molar-refractivity contribution in [2.24, 2.45) is 5.92 Å². The molecule has 8 heteroatoms. The van der Waals surface area contributed by atoms with E-state index < -0.39 is 0 Å². The molecule has 4 aliphatic heterocycles. The molecule has 0 N–H and O–H groups in total. The van der Waals surface area contributed by atoms with Crippen LogP contribution < -0.4 is 0 Å². The second-order valence-corrected chi connectivity index (χ2v) is 8.26. The SMILES string of the molecule is Cc1nnnn1CCC(=O)N1C[C@H](c2ccc(F)cc2)[C@H]2[C@@H]1C1CCN2CC1. The van der Waals surface area contributed by atoms with E-state index in [2.05, 4.69) is 25.3 Å². The number of rotatable bonds is 4. The third-order valence-corrected chi connectivity index (χ3v) is 6.86. The number of carbonyl (C=O) groups excluding carboxylic acids is 1. The maximum Gasteiger partial charge on any atom is 0.224 e. The highest BCUT2D eigenvalue weighted by Gasteiger charge is 2.54. The summed E-state index contributed by atoms with van der Waals surface area (Å²) in [5, 5.41) is 11.5. The highest BCUT2D eigenvalue weighted by Crippen LogP contribution is 2.46. The van der Waals surface area contributed by atoms with Crippen molar-refractivity contribution in [2.75, 3.05) is 19.6 Å². The monoisotopic (exact) mass is 384 g/mol. The first kappa shape index (κ1) is 17.7. The van der Waals surface area contributed by atoms with E-state index in [9.17, 15) is 9.18 Å². The largest absolute Gasteiger partial charge is 0.337 e. The molecule has 1 aromatic heterocycles.